The summed E-state index contributed by atoms with van der Waals surface area (Å²) in [7, 11) is 0. The number of ether oxygens (including phenoxy) is 2. The van der Waals surface area contributed by atoms with E-state index in [2.05, 4.69) is 6.58 Å². The highest BCUT2D eigenvalue weighted by atomic mass is 35.5. The van der Waals surface area contributed by atoms with E-state index in [1.807, 2.05) is 6.92 Å². The average Bonchev–Trinajstić information content (AvgIpc) is 2.96. The van der Waals surface area contributed by atoms with Crippen LogP contribution >= 0.6 is 23.4 Å². The second kappa shape index (κ2) is 9.82. The number of hydrogen-bond donors (Lipinski definition) is 0. The molecule has 2 aromatic rings. The Morgan fingerprint density at radius 2 is 2.00 bits per heavy atom. The Morgan fingerprint density at radius 3 is 2.70 bits per heavy atom. The van der Waals surface area contributed by atoms with Crippen LogP contribution in [0.25, 0.3) is 6.08 Å². The SMILES string of the molecule is C=CCOc1c(Cl)cc(/C=C2\SC(=O)N(Cc3ccccc3F)C2=O)cc1OCC. The Hall–Kier alpha value is -2.77. The zero-order valence-corrected chi connectivity index (χ0v) is 17.8. The van der Waals surface area contributed by atoms with Gasteiger partial charge in [0.2, 0.25) is 0 Å². The van der Waals surface area contributed by atoms with Gasteiger partial charge in [-0.25, -0.2) is 4.39 Å². The van der Waals surface area contributed by atoms with Crippen LogP contribution in [0, 0.1) is 5.82 Å². The predicted molar refractivity (Wildman–Crippen MR) is 116 cm³/mol. The van der Waals surface area contributed by atoms with Crippen LogP contribution in [0.3, 0.4) is 0 Å². The van der Waals surface area contributed by atoms with Crippen LogP contribution in [0.15, 0.2) is 54.0 Å². The van der Waals surface area contributed by atoms with E-state index in [0.29, 0.717) is 28.7 Å². The molecule has 0 radical (unpaired) electrons. The number of nitrogens with zero attached hydrogens (tertiary/aromatic N) is 1. The van der Waals surface area contributed by atoms with E-state index in [-0.39, 0.29) is 23.6 Å². The second-order valence-corrected chi connectivity index (χ2v) is 7.62. The molecular weight excluding hydrogens is 429 g/mol. The van der Waals surface area contributed by atoms with Crippen molar-refractivity contribution in [2.45, 2.75) is 13.5 Å². The molecule has 1 fully saturated rings. The van der Waals surface area contributed by atoms with Crippen LogP contribution in [0.4, 0.5) is 9.18 Å². The van der Waals surface area contributed by atoms with Gasteiger partial charge in [-0.15, -0.1) is 0 Å². The van der Waals surface area contributed by atoms with Crippen molar-refractivity contribution < 1.29 is 23.5 Å². The van der Waals surface area contributed by atoms with Crippen molar-refractivity contribution in [2.75, 3.05) is 13.2 Å². The van der Waals surface area contributed by atoms with E-state index >= 15 is 0 Å². The lowest BCUT2D eigenvalue weighted by atomic mass is 10.1. The molecule has 0 atom stereocenters. The third-order valence-corrected chi connectivity index (χ3v) is 5.32. The van der Waals surface area contributed by atoms with Crippen molar-refractivity contribution in [3.05, 3.63) is 75.9 Å². The highest BCUT2D eigenvalue weighted by molar-refractivity contribution is 8.18. The van der Waals surface area contributed by atoms with Crippen molar-refractivity contribution in [1.29, 1.82) is 0 Å². The van der Waals surface area contributed by atoms with Gasteiger partial charge in [0.05, 0.1) is 23.1 Å². The monoisotopic (exact) mass is 447 g/mol. The fraction of sp³-hybridized carbons (Fsp3) is 0.182. The first-order valence-electron chi connectivity index (χ1n) is 9.13. The van der Waals surface area contributed by atoms with Crippen molar-refractivity contribution in [3.8, 4) is 11.5 Å². The normalized spacial score (nSPS) is 15.0. The standard InChI is InChI=1S/C22H19ClFNO4S/c1-3-9-29-20-16(23)10-14(11-18(20)28-4-2)12-19-21(26)25(22(27)30-19)13-15-7-5-6-8-17(15)24/h3,5-8,10-12H,1,4,9,13H2,2H3/b19-12-. The maximum atomic E-state index is 13.9. The van der Waals surface area contributed by atoms with Crippen LogP contribution in [-0.4, -0.2) is 29.3 Å². The van der Waals surface area contributed by atoms with Gasteiger partial charge >= 0.3 is 0 Å². The van der Waals surface area contributed by atoms with E-state index in [1.54, 1.807) is 42.5 Å². The minimum Gasteiger partial charge on any atom is -0.490 e. The zero-order valence-electron chi connectivity index (χ0n) is 16.2. The molecule has 2 aromatic carbocycles. The van der Waals surface area contributed by atoms with E-state index in [4.69, 9.17) is 21.1 Å². The van der Waals surface area contributed by atoms with Gasteiger partial charge in [0.1, 0.15) is 12.4 Å². The molecular formula is C22H19ClFNO4S. The van der Waals surface area contributed by atoms with Gasteiger partial charge in [0.25, 0.3) is 11.1 Å². The molecule has 0 spiro atoms. The number of amides is 2. The Kier molecular flexibility index (Phi) is 7.18. The van der Waals surface area contributed by atoms with Crippen molar-refractivity contribution >= 4 is 40.6 Å². The third-order valence-electron chi connectivity index (χ3n) is 4.13. The lowest BCUT2D eigenvalue weighted by Gasteiger charge is -2.14. The minimum atomic E-state index is -0.491. The molecule has 2 amide bonds. The van der Waals surface area contributed by atoms with Gasteiger partial charge in [-0.05, 0) is 48.5 Å². The molecule has 1 heterocycles. The van der Waals surface area contributed by atoms with Crippen molar-refractivity contribution in [3.63, 3.8) is 0 Å². The van der Waals surface area contributed by atoms with Gasteiger partial charge in [0.15, 0.2) is 11.5 Å². The maximum Gasteiger partial charge on any atom is 0.293 e. The Bertz CT molecular complexity index is 1020. The molecule has 1 saturated heterocycles. The smallest absolute Gasteiger partial charge is 0.293 e. The Balaban J connectivity index is 1.87. The van der Waals surface area contributed by atoms with Crippen LogP contribution < -0.4 is 9.47 Å². The fourth-order valence-electron chi connectivity index (χ4n) is 2.80. The van der Waals surface area contributed by atoms with Crippen LogP contribution in [0.1, 0.15) is 18.1 Å². The highest BCUT2D eigenvalue weighted by Crippen LogP contribution is 2.39. The van der Waals surface area contributed by atoms with Crippen LogP contribution in [-0.2, 0) is 11.3 Å². The molecule has 30 heavy (non-hydrogen) atoms. The van der Waals surface area contributed by atoms with Gasteiger partial charge in [0, 0.05) is 5.56 Å². The molecule has 8 heteroatoms. The number of imide groups is 1. The highest BCUT2D eigenvalue weighted by Gasteiger charge is 2.35. The summed E-state index contributed by atoms with van der Waals surface area (Å²) in [5.41, 5.74) is 0.845. The molecule has 0 N–H and O–H groups in total. The molecule has 0 aromatic heterocycles. The van der Waals surface area contributed by atoms with Crippen LogP contribution in [0.5, 0.6) is 11.5 Å². The zero-order chi connectivity index (χ0) is 21.7. The minimum absolute atomic E-state index is 0.131. The van der Waals surface area contributed by atoms with E-state index in [0.717, 1.165) is 16.7 Å². The third kappa shape index (κ3) is 4.86. The first kappa shape index (κ1) is 21.9. The molecule has 3 rings (SSSR count). The summed E-state index contributed by atoms with van der Waals surface area (Å²) >= 11 is 7.12. The summed E-state index contributed by atoms with van der Waals surface area (Å²) in [6.07, 6.45) is 3.14. The predicted octanol–water partition coefficient (Wildman–Crippen LogP) is 5.68. The maximum absolute atomic E-state index is 13.9. The number of benzene rings is 2. The van der Waals surface area contributed by atoms with Gasteiger partial charge in [-0.1, -0.05) is 42.5 Å². The topological polar surface area (TPSA) is 55.8 Å². The lowest BCUT2D eigenvalue weighted by molar-refractivity contribution is -0.123. The summed E-state index contributed by atoms with van der Waals surface area (Å²) in [6.45, 7) is 5.95. The van der Waals surface area contributed by atoms with E-state index in [9.17, 15) is 14.0 Å². The number of hydrogen-bond acceptors (Lipinski definition) is 5. The fourth-order valence-corrected chi connectivity index (χ4v) is 3.91. The summed E-state index contributed by atoms with van der Waals surface area (Å²) in [6, 6.07) is 9.33. The van der Waals surface area contributed by atoms with E-state index < -0.39 is 17.0 Å². The van der Waals surface area contributed by atoms with E-state index in [1.165, 1.54) is 6.07 Å². The summed E-state index contributed by atoms with van der Waals surface area (Å²) in [5.74, 6) is -0.162. The molecule has 1 aliphatic heterocycles. The van der Waals surface area contributed by atoms with Gasteiger partial charge in [-0.2, -0.15) is 0 Å². The number of thioether (sulfide) groups is 1. The molecule has 0 aliphatic carbocycles. The quantitative estimate of drug-likeness (QED) is 0.385. The van der Waals surface area contributed by atoms with Crippen LogP contribution in [0.2, 0.25) is 5.02 Å². The number of rotatable bonds is 8. The molecule has 5 nitrogen and oxygen atoms in total. The number of halogens is 2. The second-order valence-electron chi connectivity index (χ2n) is 6.22. The average molecular weight is 448 g/mol. The number of carbonyl (C=O) groups is 2. The Labute approximate surface area is 183 Å². The van der Waals surface area contributed by atoms with Gasteiger partial charge < -0.3 is 9.47 Å². The largest absolute Gasteiger partial charge is 0.490 e. The molecule has 1 aliphatic rings. The lowest BCUT2D eigenvalue weighted by Crippen LogP contribution is -2.27. The molecule has 0 saturated carbocycles. The number of carbonyl (C=O) groups excluding carboxylic acids is 2. The summed E-state index contributed by atoms with van der Waals surface area (Å²) in [4.78, 5) is 26.3. The summed E-state index contributed by atoms with van der Waals surface area (Å²) < 4.78 is 25.1. The Morgan fingerprint density at radius 1 is 1.23 bits per heavy atom. The van der Waals surface area contributed by atoms with Crippen molar-refractivity contribution in [1.82, 2.24) is 4.90 Å². The first-order chi connectivity index (χ1) is 14.4. The molecule has 156 valence electrons. The summed E-state index contributed by atoms with van der Waals surface area (Å²) in [5, 5.41) is -0.156. The van der Waals surface area contributed by atoms with Crippen molar-refractivity contribution in [2.24, 2.45) is 0 Å². The molecule has 0 bridgehead atoms. The van der Waals surface area contributed by atoms with Gasteiger partial charge in [-0.3, -0.25) is 14.5 Å². The molecule has 0 unspecified atom stereocenters. The first-order valence-corrected chi connectivity index (χ1v) is 10.3.